The van der Waals surface area contributed by atoms with Crippen LogP contribution in [0.1, 0.15) is 74.7 Å². The van der Waals surface area contributed by atoms with Gasteiger partial charge in [-0.05, 0) is 35.9 Å². The number of aliphatic hydroxyl groups is 1. The standard InChI is InChI=1S/C20H18F3N3O2.C20H16F3N3O2.Mn.2O/c2*1-20(2,3)19(28)26-14-7-12(21)16(22)15(17(14)23)18(27)10-4-5-13-11(6-10)8-24-9-25-13;;;/h4-9,18,27H,1-3H3,(H,26,28);4-9H,1-3H3,(H,26,28);;;. The van der Waals surface area contributed by atoms with Gasteiger partial charge in [0.15, 0.2) is 40.7 Å². The van der Waals surface area contributed by atoms with Gasteiger partial charge >= 0.3 is 22.5 Å². The van der Waals surface area contributed by atoms with Crippen molar-refractivity contribution in [1.29, 1.82) is 0 Å². The topological polar surface area (TPSA) is 181 Å². The molecule has 1 atom stereocenters. The Hall–Kier alpha value is -6.17. The molecule has 0 bridgehead atoms. The quantitative estimate of drug-likeness (QED) is 0.0640. The average Bonchev–Trinajstić information content (AvgIpc) is 3.18. The summed E-state index contributed by atoms with van der Waals surface area (Å²) in [5, 5.41) is 16.0. The molecule has 0 aliphatic carbocycles. The minimum atomic E-state index is -1.80. The van der Waals surface area contributed by atoms with Gasteiger partial charge < -0.3 is 15.7 Å². The maximum atomic E-state index is 14.9. The van der Waals surface area contributed by atoms with Crippen molar-refractivity contribution in [2.24, 2.45) is 10.8 Å². The van der Waals surface area contributed by atoms with Gasteiger partial charge in [0.2, 0.25) is 11.8 Å². The van der Waals surface area contributed by atoms with Crippen LogP contribution in [0.5, 0.6) is 0 Å². The minimum absolute atomic E-state index is 0.0706. The third kappa shape index (κ3) is 10.7. The summed E-state index contributed by atoms with van der Waals surface area (Å²) in [5.74, 6) is -10.8. The third-order valence-electron chi connectivity index (χ3n) is 8.32. The van der Waals surface area contributed by atoms with E-state index in [9.17, 15) is 45.8 Å². The van der Waals surface area contributed by atoms with E-state index in [1.807, 2.05) is 0 Å². The number of nitrogens with zero attached hydrogens (tertiary/aromatic N) is 4. The molecule has 0 aliphatic heterocycles. The van der Waals surface area contributed by atoms with Crippen LogP contribution in [-0.4, -0.2) is 42.6 Å². The van der Waals surface area contributed by atoms with Crippen LogP contribution in [0.3, 0.4) is 0 Å². The molecule has 0 saturated heterocycles. The van der Waals surface area contributed by atoms with Gasteiger partial charge in [0.05, 0.1) is 33.5 Å². The summed E-state index contributed by atoms with van der Waals surface area (Å²) in [6, 6.07) is 9.67. The molecule has 0 aliphatic rings. The number of carbonyl (C=O) groups is 3. The second-order valence-corrected chi connectivity index (χ2v) is 14.9. The van der Waals surface area contributed by atoms with Crippen molar-refractivity contribution in [3.8, 4) is 0 Å². The number of hydrogen-bond acceptors (Lipinski definition) is 10. The normalized spacial score (nSPS) is 11.7. The fraction of sp³-hybridized carbons (Fsp3) is 0.225. The molecule has 59 heavy (non-hydrogen) atoms. The first kappa shape index (κ1) is 45.5. The zero-order chi connectivity index (χ0) is 44.0. The second kappa shape index (κ2) is 18.6. The summed E-state index contributed by atoms with van der Waals surface area (Å²) >= 11 is -1.44. The second-order valence-electron chi connectivity index (χ2n) is 14.7. The molecule has 6 aromatic rings. The van der Waals surface area contributed by atoms with Crippen molar-refractivity contribution < 1.29 is 68.3 Å². The number of fused-ring (bicyclic) bond motifs is 2. The molecule has 12 nitrogen and oxygen atoms in total. The number of aromatic nitrogens is 4. The first-order valence-corrected chi connectivity index (χ1v) is 18.1. The Kier molecular flexibility index (Phi) is 14.4. The Morgan fingerprint density at radius 3 is 1.61 bits per heavy atom. The first-order chi connectivity index (χ1) is 27.6. The monoisotopic (exact) mass is 863 g/mol. The molecule has 19 heteroatoms. The van der Waals surface area contributed by atoms with Crippen molar-refractivity contribution >= 4 is 50.8 Å². The zero-order valence-electron chi connectivity index (χ0n) is 31.9. The molecule has 2 amide bonds. The van der Waals surface area contributed by atoms with E-state index in [1.54, 1.807) is 47.6 Å². The Balaban J connectivity index is 0.000000244. The number of hydrogen-bond donors (Lipinski definition) is 3. The van der Waals surface area contributed by atoms with E-state index in [1.165, 1.54) is 55.4 Å². The van der Waals surface area contributed by atoms with Gasteiger partial charge in [-0.3, -0.25) is 14.4 Å². The molecular formula is C40H34F6MnN6O6. The van der Waals surface area contributed by atoms with Gasteiger partial charge in [-0.2, -0.15) is 0 Å². The van der Waals surface area contributed by atoms with Crippen molar-refractivity contribution in [3.05, 3.63) is 131 Å². The number of carbonyl (C=O) groups excluding carboxylic acids is 3. The van der Waals surface area contributed by atoms with Crippen molar-refractivity contribution in [2.45, 2.75) is 47.6 Å². The van der Waals surface area contributed by atoms with Crippen molar-refractivity contribution in [1.82, 2.24) is 19.9 Å². The van der Waals surface area contributed by atoms with E-state index < -0.39 is 107 Å². The Morgan fingerprint density at radius 2 is 1.10 bits per heavy atom. The van der Waals surface area contributed by atoms with Gasteiger partial charge in [0, 0.05) is 51.7 Å². The van der Waals surface area contributed by atoms with E-state index in [2.05, 4.69) is 30.6 Å². The molecular weight excluding hydrogens is 829 g/mol. The van der Waals surface area contributed by atoms with Gasteiger partial charge in [-0.15, -0.1) is 0 Å². The van der Waals surface area contributed by atoms with Crippen LogP contribution in [0.15, 0.2) is 73.6 Å². The van der Waals surface area contributed by atoms with E-state index in [0.29, 0.717) is 33.9 Å². The zero-order valence-corrected chi connectivity index (χ0v) is 33.1. The summed E-state index contributed by atoms with van der Waals surface area (Å²) < 4.78 is 103. The fourth-order valence-electron chi connectivity index (χ4n) is 5.08. The number of anilines is 2. The summed E-state index contributed by atoms with van der Waals surface area (Å²) in [6.07, 6.45) is 3.78. The summed E-state index contributed by atoms with van der Waals surface area (Å²) in [6.45, 7) is 9.49. The SMILES string of the molecule is CC(C)(C)C(=O)Nc1cc(F)c(F)c(C(=O)c2ccc3ncncc3c2)c1F.CC(C)(C)C(=O)Nc1cc(F)c(F)c(C(O)c2ccc3ncncc3c2)c1F.[O]=[Mn]=[O]. The van der Waals surface area contributed by atoms with Gasteiger partial charge in [-0.25, -0.2) is 46.3 Å². The summed E-state index contributed by atoms with van der Waals surface area (Å²) in [7, 11) is 0. The predicted molar refractivity (Wildman–Crippen MR) is 197 cm³/mol. The van der Waals surface area contributed by atoms with Gasteiger partial charge in [-0.1, -0.05) is 47.6 Å². The molecule has 0 saturated carbocycles. The van der Waals surface area contributed by atoms with Crippen molar-refractivity contribution in [2.75, 3.05) is 10.6 Å². The molecule has 6 rings (SSSR count). The number of rotatable bonds is 6. The van der Waals surface area contributed by atoms with Crippen LogP contribution < -0.4 is 10.6 Å². The van der Waals surface area contributed by atoms with E-state index >= 15 is 0 Å². The van der Waals surface area contributed by atoms with Crippen LogP contribution in [-0.2, 0) is 32.1 Å². The predicted octanol–water partition coefficient (Wildman–Crippen LogP) is 8.14. The Bertz CT molecular complexity index is 2630. The Labute approximate surface area is 338 Å². The van der Waals surface area contributed by atoms with Crippen LogP contribution in [0.25, 0.3) is 21.8 Å². The van der Waals surface area contributed by atoms with E-state index in [-0.39, 0.29) is 11.1 Å². The number of amides is 2. The molecule has 0 fully saturated rings. The van der Waals surface area contributed by atoms with E-state index in [0.717, 1.165) is 0 Å². The molecule has 3 N–H and O–H groups in total. The number of halogens is 6. The number of aliphatic hydroxyl groups excluding tert-OH is 1. The van der Waals surface area contributed by atoms with Gasteiger partial charge in [0.25, 0.3) is 0 Å². The average molecular weight is 864 g/mol. The van der Waals surface area contributed by atoms with Crippen LogP contribution >= 0.6 is 0 Å². The molecule has 309 valence electrons. The third-order valence-corrected chi connectivity index (χ3v) is 8.32. The van der Waals surface area contributed by atoms with Crippen LogP contribution in [0.2, 0.25) is 0 Å². The van der Waals surface area contributed by atoms with Crippen LogP contribution in [0.4, 0.5) is 37.7 Å². The van der Waals surface area contributed by atoms with Gasteiger partial charge in [0.1, 0.15) is 18.8 Å². The maximum absolute atomic E-state index is 14.9. The summed E-state index contributed by atoms with van der Waals surface area (Å²) in [4.78, 5) is 52.6. The fourth-order valence-corrected chi connectivity index (χ4v) is 5.08. The molecule has 4 aromatic carbocycles. The molecule has 0 radical (unpaired) electrons. The number of benzene rings is 4. The number of nitrogens with one attached hydrogen (secondary N) is 2. The van der Waals surface area contributed by atoms with Crippen molar-refractivity contribution in [3.63, 3.8) is 0 Å². The number of ketones is 1. The molecule has 0 spiro atoms. The molecule has 1 unspecified atom stereocenters. The van der Waals surface area contributed by atoms with Crippen LogP contribution in [0, 0.1) is 45.7 Å². The Morgan fingerprint density at radius 1 is 0.644 bits per heavy atom. The molecule has 2 aromatic heterocycles. The van der Waals surface area contributed by atoms with E-state index in [4.69, 9.17) is 7.67 Å². The first-order valence-electron chi connectivity index (χ1n) is 17.1. The summed E-state index contributed by atoms with van der Waals surface area (Å²) in [5.41, 5.74) is -3.75. The molecule has 2 heterocycles.